The average molecular weight is 371 g/mol. The molecule has 0 unspecified atom stereocenters. The number of thiazole rings is 1. The van der Waals surface area contributed by atoms with E-state index in [4.69, 9.17) is 9.15 Å². The van der Waals surface area contributed by atoms with Crippen molar-refractivity contribution >= 4 is 27.5 Å². The predicted octanol–water partition coefficient (Wildman–Crippen LogP) is 2.89. The summed E-state index contributed by atoms with van der Waals surface area (Å²) in [7, 11) is 0. The third-order valence-electron chi connectivity index (χ3n) is 4.34. The van der Waals surface area contributed by atoms with Gasteiger partial charge in [0.25, 0.3) is 0 Å². The van der Waals surface area contributed by atoms with Crippen molar-refractivity contribution in [3.63, 3.8) is 0 Å². The van der Waals surface area contributed by atoms with Crippen molar-refractivity contribution in [1.82, 2.24) is 15.2 Å². The number of furan rings is 1. The van der Waals surface area contributed by atoms with Crippen molar-refractivity contribution < 1.29 is 13.9 Å². The second-order valence-electron chi connectivity index (χ2n) is 6.17. The second-order valence-corrected chi connectivity index (χ2v) is 7.20. The number of carbonyl (C=O) groups excluding carboxylic acids is 1. The Balaban J connectivity index is 1.28. The molecule has 7 heteroatoms. The van der Waals surface area contributed by atoms with Crippen molar-refractivity contribution in [1.29, 1.82) is 0 Å². The lowest BCUT2D eigenvalue weighted by molar-refractivity contribution is -0.135. The summed E-state index contributed by atoms with van der Waals surface area (Å²) in [5.74, 6) is 1.81. The number of amides is 1. The minimum atomic E-state index is 0.176. The molecular weight excluding hydrogens is 350 g/mol. The highest BCUT2D eigenvalue weighted by Gasteiger charge is 2.16. The number of nitrogens with zero attached hydrogens (tertiary/aromatic N) is 2. The molecule has 3 heterocycles. The number of para-hydroxylation sites is 1. The third-order valence-corrected chi connectivity index (χ3v) is 5.40. The molecule has 26 heavy (non-hydrogen) atoms. The molecule has 4 rings (SSSR count). The molecule has 0 radical (unpaired) electrons. The lowest BCUT2D eigenvalue weighted by Gasteiger charge is -2.26. The summed E-state index contributed by atoms with van der Waals surface area (Å²) in [6.07, 6.45) is 0.492. The topological polar surface area (TPSA) is 67.6 Å². The van der Waals surface area contributed by atoms with Gasteiger partial charge in [0.15, 0.2) is 10.8 Å². The monoisotopic (exact) mass is 371 g/mol. The maximum absolute atomic E-state index is 12.1. The van der Waals surface area contributed by atoms with Gasteiger partial charge in [-0.1, -0.05) is 12.1 Å². The van der Waals surface area contributed by atoms with Gasteiger partial charge in [0.05, 0.1) is 30.0 Å². The maximum Gasteiger partial charge on any atom is 0.224 e. The first-order valence-corrected chi connectivity index (χ1v) is 9.62. The van der Waals surface area contributed by atoms with Gasteiger partial charge in [-0.2, -0.15) is 0 Å². The standard InChI is InChI=1S/C19H21N3O3S/c23-18(22-9-11-24-12-10-22)7-8-20-13-14-5-6-16(25-14)19-21-15-3-1-2-4-17(15)26-19/h1-6,20H,7-13H2. The molecule has 1 aliphatic heterocycles. The van der Waals surface area contributed by atoms with Crippen molar-refractivity contribution in [2.24, 2.45) is 0 Å². The van der Waals surface area contributed by atoms with E-state index < -0.39 is 0 Å². The van der Waals surface area contributed by atoms with Crippen LogP contribution in [0.25, 0.3) is 21.0 Å². The van der Waals surface area contributed by atoms with Crippen LogP contribution in [-0.4, -0.2) is 48.6 Å². The fourth-order valence-corrected chi connectivity index (χ4v) is 3.87. The summed E-state index contributed by atoms with van der Waals surface area (Å²) < 4.78 is 12.3. The summed E-state index contributed by atoms with van der Waals surface area (Å²) in [5.41, 5.74) is 0.991. The quantitative estimate of drug-likeness (QED) is 0.675. The Morgan fingerprint density at radius 2 is 2.04 bits per heavy atom. The number of nitrogens with one attached hydrogen (secondary N) is 1. The van der Waals surface area contributed by atoms with Gasteiger partial charge in [-0.25, -0.2) is 4.98 Å². The van der Waals surface area contributed by atoms with E-state index >= 15 is 0 Å². The fraction of sp³-hybridized carbons (Fsp3) is 0.368. The summed E-state index contributed by atoms with van der Waals surface area (Å²) in [6.45, 7) is 3.90. The zero-order valence-corrected chi connectivity index (χ0v) is 15.3. The van der Waals surface area contributed by atoms with Crippen molar-refractivity contribution in [3.05, 3.63) is 42.2 Å². The Kier molecular flexibility index (Phi) is 5.29. The second kappa shape index (κ2) is 7.99. The van der Waals surface area contributed by atoms with Gasteiger partial charge in [0.1, 0.15) is 5.76 Å². The van der Waals surface area contributed by atoms with E-state index in [1.165, 1.54) is 0 Å². The number of hydrogen-bond acceptors (Lipinski definition) is 6. The third kappa shape index (κ3) is 3.95. The first-order chi connectivity index (χ1) is 12.8. The SMILES string of the molecule is O=C(CCNCc1ccc(-c2nc3ccccc3s2)o1)N1CCOCC1. The number of hydrogen-bond donors (Lipinski definition) is 1. The lowest BCUT2D eigenvalue weighted by atomic mass is 10.3. The van der Waals surface area contributed by atoms with Crippen LogP contribution in [0.15, 0.2) is 40.8 Å². The van der Waals surface area contributed by atoms with Crippen LogP contribution in [0.1, 0.15) is 12.2 Å². The Hall–Kier alpha value is -2.22. The molecule has 1 aromatic carbocycles. The van der Waals surface area contributed by atoms with Gasteiger partial charge >= 0.3 is 0 Å². The van der Waals surface area contributed by atoms with Gasteiger partial charge in [-0.3, -0.25) is 4.79 Å². The molecule has 1 saturated heterocycles. The molecule has 0 spiro atoms. The van der Waals surface area contributed by atoms with Gasteiger partial charge in [0.2, 0.25) is 5.91 Å². The summed E-state index contributed by atoms with van der Waals surface area (Å²) in [6, 6.07) is 12.0. The molecule has 0 saturated carbocycles. The highest BCUT2D eigenvalue weighted by Crippen LogP contribution is 2.31. The Labute approximate surface area is 155 Å². The fourth-order valence-electron chi connectivity index (χ4n) is 2.94. The molecule has 1 aliphatic rings. The number of ether oxygens (including phenoxy) is 1. The molecule has 0 aliphatic carbocycles. The van der Waals surface area contributed by atoms with Gasteiger partial charge in [-0.15, -0.1) is 11.3 Å². The molecule has 2 aromatic heterocycles. The maximum atomic E-state index is 12.1. The number of benzene rings is 1. The van der Waals surface area contributed by atoms with Crippen molar-refractivity contribution in [2.75, 3.05) is 32.8 Å². The van der Waals surface area contributed by atoms with Gasteiger partial charge < -0.3 is 19.4 Å². The van der Waals surface area contributed by atoms with E-state index in [1.807, 2.05) is 35.2 Å². The van der Waals surface area contributed by atoms with Crippen LogP contribution >= 0.6 is 11.3 Å². The molecule has 6 nitrogen and oxygen atoms in total. The molecule has 136 valence electrons. The normalized spacial score (nSPS) is 14.8. The highest BCUT2D eigenvalue weighted by molar-refractivity contribution is 7.21. The number of fused-ring (bicyclic) bond motifs is 1. The summed E-state index contributed by atoms with van der Waals surface area (Å²) >= 11 is 1.63. The van der Waals surface area contributed by atoms with Crippen LogP contribution in [0.5, 0.6) is 0 Å². The van der Waals surface area contributed by atoms with E-state index in [9.17, 15) is 4.79 Å². The zero-order chi connectivity index (χ0) is 17.8. The van der Waals surface area contributed by atoms with Crippen LogP contribution in [0.4, 0.5) is 0 Å². The van der Waals surface area contributed by atoms with E-state index in [-0.39, 0.29) is 5.91 Å². The minimum absolute atomic E-state index is 0.176. The van der Waals surface area contributed by atoms with Crippen LogP contribution in [-0.2, 0) is 16.1 Å². The van der Waals surface area contributed by atoms with Crippen LogP contribution in [0, 0.1) is 0 Å². The van der Waals surface area contributed by atoms with Crippen molar-refractivity contribution in [2.45, 2.75) is 13.0 Å². The number of aromatic nitrogens is 1. The Morgan fingerprint density at radius 1 is 1.19 bits per heavy atom. The predicted molar refractivity (Wildman–Crippen MR) is 101 cm³/mol. The molecular formula is C19H21N3O3S. The smallest absolute Gasteiger partial charge is 0.224 e. The average Bonchev–Trinajstić information content (AvgIpc) is 3.32. The molecule has 3 aromatic rings. The molecule has 1 amide bonds. The van der Waals surface area contributed by atoms with Gasteiger partial charge in [-0.05, 0) is 24.3 Å². The number of carbonyl (C=O) groups is 1. The van der Waals surface area contributed by atoms with Crippen LogP contribution < -0.4 is 5.32 Å². The van der Waals surface area contributed by atoms with Crippen molar-refractivity contribution in [3.8, 4) is 10.8 Å². The first-order valence-electron chi connectivity index (χ1n) is 8.80. The highest BCUT2D eigenvalue weighted by atomic mass is 32.1. The molecule has 0 atom stereocenters. The van der Waals surface area contributed by atoms with Crippen LogP contribution in [0.3, 0.4) is 0 Å². The lowest BCUT2D eigenvalue weighted by Crippen LogP contribution is -2.41. The molecule has 1 fully saturated rings. The molecule has 1 N–H and O–H groups in total. The summed E-state index contributed by atoms with van der Waals surface area (Å²) in [5, 5.41) is 4.16. The van der Waals surface area contributed by atoms with E-state index in [0.29, 0.717) is 45.8 Å². The van der Waals surface area contributed by atoms with Gasteiger partial charge in [0, 0.05) is 26.1 Å². The van der Waals surface area contributed by atoms with E-state index in [0.717, 1.165) is 26.7 Å². The molecule has 0 bridgehead atoms. The van der Waals surface area contributed by atoms with Crippen LogP contribution in [0.2, 0.25) is 0 Å². The Bertz CT molecular complexity index is 850. The van der Waals surface area contributed by atoms with E-state index in [1.54, 1.807) is 11.3 Å². The number of morpholine rings is 1. The Morgan fingerprint density at radius 3 is 2.88 bits per heavy atom. The number of rotatable bonds is 6. The summed E-state index contributed by atoms with van der Waals surface area (Å²) in [4.78, 5) is 18.6. The zero-order valence-electron chi connectivity index (χ0n) is 14.4. The first kappa shape index (κ1) is 17.2. The minimum Gasteiger partial charge on any atom is -0.457 e. The largest absolute Gasteiger partial charge is 0.457 e. The van der Waals surface area contributed by atoms with E-state index in [2.05, 4.69) is 16.4 Å².